The van der Waals surface area contributed by atoms with E-state index in [1.165, 1.54) is 0 Å². The van der Waals surface area contributed by atoms with E-state index in [4.69, 9.17) is 15.2 Å². The molecular formula is C7H15NO2. The molecule has 1 aliphatic heterocycles. The highest BCUT2D eigenvalue weighted by Crippen LogP contribution is 2.09. The van der Waals surface area contributed by atoms with Gasteiger partial charge in [0, 0.05) is 0 Å². The summed E-state index contributed by atoms with van der Waals surface area (Å²) in [5.41, 5.74) is 5.34. The van der Waals surface area contributed by atoms with Gasteiger partial charge in [-0.25, -0.2) is 0 Å². The summed E-state index contributed by atoms with van der Waals surface area (Å²) in [6.07, 6.45) is 3.69. The Morgan fingerprint density at radius 3 is 2.90 bits per heavy atom. The molecule has 1 unspecified atom stereocenters. The van der Waals surface area contributed by atoms with Gasteiger partial charge in [-0.3, -0.25) is 0 Å². The Hall–Kier alpha value is -0.120. The van der Waals surface area contributed by atoms with Crippen LogP contribution in [0.5, 0.6) is 0 Å². The summed E-state index contributed by atoms with van der Waals surface area (Å²) in [4.78, 5) is 0. The lowest BCUT2D eigenvalue weighted by Gasteiger charge is -2.04. The fourth-order valence-electron chi connectivity index (χ4n) is 1.06. The maximum atomic E-state index is 5.34. The third kappa shape index (κ3) is 2.64. The van der Waals surface area contributed by atoms with Gasteiger partial charge < -0.3 is 15.2 Å². The Balaban J connectivity index is 1.91. The van der Waals surface area contributed by atoms with E-state index < -0.39 is 0 Å². The Bertz CT molecular complexity index is 81.7. The Kier molecular flexibility index (Phi) is 3.72. The lowest BCUT2D eigenvalue weighted by Crippen LogP contribution is -2.09. The first kappa shape index (κ1) is 7.98. The molecule has 1 aliphatic rings. The second kappa shape index (κ2) is 4.66. The zero-order chi connectivity index (χ0) is 7.23. The molecule has 1 atom stereocenters. The van der Waals surface area contributed by atoms with E-state index >= 15 is 0 Å². The van der Waals surface area contributed by atoms with Crippen molar-refractivity contribution in [2.24, 2.45) is 5.73 Å². The number of hydrogen-bond acceptors (Lipinski definition) is 3. The highest BCUT2D eigenvalue weighted by atomic mass is 16.7. The number of hydrogen-bond donors (Lipinski definition) is 1. The second-order valence-corrected chi connectivity index (χ2v) is 2.56. The molecule has 2 N–H and O–H groups in total. The summed E-state index contributed by atoms with van der Waals surface area (Å²) < 4.78 is 10.3. The van der Waals surface area contributed by atoms with Crippen molar-refractivity contribution in [1.82, 2.24) is 0 Å². The standard InChI is InChI=1S/C7H15NO2/c8-4-2-1-3-7-5-9-6-10-7/h7H,1-6,8H2. The molecule has 60 valence electrons. The molecule has 0 amide bonds. The molecule has 0 aromatic heterocycles. The van der Waals surface area contributed by atoms with Crippen LogP contribution in [0.25, 0.3) is 0 Å². The smallest absolute Gasteiger partial charge is 0.147 e. The van der Waals surface area contributed by atoms with Gasteiger partial charge in [-0.1, -0.05) is 0 Å². The van der Waals surface area contributed by atoms with Gasteiger partial charge in [0.1, 0.15) is 6.79 Å². The molecule has 0 aromatic rings. The summed E-state index contributed by atoms with van der Waals surface area (Å²) in [5.74, 6) is 0. The van der Waals surface area contributed by atoms with Crippen molar-refractivity contribution in [3.8, 4) is 0 Å². The molecule has 1 saturated heterocycles. The van der Waals surface area contributed by atoms with Gasteiger partial charge in [0.15, 0.2) is 0 Å². The van der Waals surface area contributed by atoms with E-state index in [1.807, 2.05) is 0 Å². The SMILES string of the molecule is NCCCCC1COCO1. The molecule has 10 heavy (non-hydrogen) atoms. The molecular weight excluding hydrogens is 130 g/mol. The predicted octanol–water partition coefficient (Wildman–Crippen LogP) is 0.488. The summed E-state index contributed by atoms with van der Waals surface area (Å²) in [5, 5.41) is 0. The van der Waals surface area contributed by atoms with Crippen LogP contribution in [0.1, 0.15) is 19.3 Å². The Morgan fingerprint density at radius 2 is 2.30 bits per heavy atom. The molecule has 0 spiro atoms. The van der Waals surface area contributed by atoms with E-state index in [2.05, 4.69) is 0 Å². The second-order valence-electron chi connectivity index (χ2n) is 2.56. The van der Waals surface area contributed by atoms with E-state index in [0.717, 1.165) is 32.4 Å². The van der Waals surface area contributed by atoms with Crippen LogP contribution in [-0.4, -0.2) is 26.0 Å². The summed E-state index contributed by atoms with van der Waals surface area (Å²) in [7, 11) is 0. The van der Waals surface area contributed by atoms with Crippen molar-refractivity contribution in [2.45, 2.75) is 25.4 Å². The quantitative estimate of drug-likeness (QED) is 0.585. The van der Waals surface area contributed by atoms with Crippen molar-refractivity contribution < 1.29 is 9.47 Å². The van der Waals surface area contributed by atoms with E-state index in [1.54, 1.807) is 0 Å². The maximum absolute atomic E-state index is 5.34. The molecule has 3 heteroatoms. The first-order valence-electron chi connectivity index (χ1n) is 3.83. The number of unbranched alkanes of at least 4 members (excludes halogenated alkanes) is 1. The monoisotopic (exact) mass is 145 g/mol. The molecule has 0 radical (unpaired) electrons. The van der Waals surface area contributed by atoms with Crippen LogP contribution in [-0.2, 0) is 9.47 Å². The van der Waals surface area contributed by atoms with Crippen molar-refractivity contribution in [2.75, 3.05) is 19.9 Å². The molecule has 1 heterocycles. The number of nitrogens with two attached hydrogens (primary N) is 1. The average Bonchev–Trinajstić information content (AvgIpc) is 2.41. The lowest BCUT2D eigenvalue weighted by atomic mass is 10.2. The van der Waals surface area contributed by atoms with Crippen LogP contribution in [0, 0.1) is 0 Å². The van der Waals surface area contributed by atoms with Crippen LogP contribution in [0.15, 0.2) is 0 Å². The van der Waals surface area contributed by atoms with Gasteiger partial charge in [0.25, 0.3) is 0 Å². The minimum Gasteiger partial charge on any atom is -0.353 e. The number of ether oxygens (including phenoxy) is 2. The van der Waals surface area contributed by atoms with E-state index in [9.17, 15) is 0 Å². The highest BCUT2D eigenvalue weighted by Gasteiger charge is 2.14. The normalized spacial score (nSPS) is 25.5. The molecule has 0 saturated carbocycles. The Labute approximate surface area is 61.5 Å². The third-order valence-corrected chi connectivity index (χ3v) is 1.67. The topological polar surface area (TPSA) is 44.5 Å². The summed E-state index contributed by atoms with van der Waals surface area (Å²) >= 11 is 0. The molecule has 1 fully saturated rings. The Morgan fingerprint density at radius 1 is 1.40 bits per heavy atom. The zero-order valence-electron chi connectivity index (χ0n) is 6.21. The predicted molar refractivity (Wildman–Crippen MR) is 38.6 cm³/mol. The van der Waals surface area contributed by atoms with Crippen molar-refractivity contribution in [3.63, 3.8) is 0 Å². The van der Waals surface area contributed by atoms with Crippen molar-refractivity contribution >= 4 is 0 Å². The van der Waals surface area contributed by atoms with Gasteiger partial charge in [-0.15, -0.1) is 0 Å². The molecule has 0 aromatic carbocycles. The van der Waals surface area contributed by atoms with Gasteiger partial charge >= 0.3 is 0 Å². The molecule has 1 rings (SSSR count). The third-order valence-electron chi connectivity index (χ3n) is 1.67. The van der Waals surface area contributed by atoms with Crippen LogP contribution < -0.4 is 5.73 Å². The summed E-state index contributed by atoms with van der Waals surface area (Å²) in [6, 6.07) is 0. The molecule has 0 aliphatic carbocycles. The highest BCUT2D eigenvalue weighted by molar-refractivity contribution is 4.59. The number of rotatable bonds is 4. The largest absolute Gasteiger partial charge is 0.353 e. The lowest BCUT2D eigenvalue weighted by molar-refractivity contribution is 0.0441. The fourth-order valence-corrected chi connectivity index (χ4v) is 1.06. The molecule has 0 bridgehead atoms. The van der Waals surface area contributed by atoms with Gasteiger partial charge in [0.05, 0.1) is 12.7 Å². The first-order valence-corrected chi connectivity index (χ1v) is 3.83. The van der Waals surface area contributed by atoms with Gasteiger partial charge in [-0.2, -0.15) is 0 Å². The van der Waals surface area contributed by atoms with Crippen LogP contribution in [0.2, 0.25) is 0 Å². The maximum Gasteiger partial charge on any atom is 0.147 e. The van der Waals surface area contributed by atoms with Crippen LogP contribution in [0.4, 0.5) is 0 Å². The average molecular weight is 145 g/mol. The van der Waals surface area contributed by atoms with Crippen LogP contribution >= 0.6 is 0 Å². The zero-order valence-corrected chi connectivity index (χ0v) is 6.21. The fraction of sp³-hybridized carbons (Fsp3) is 1.00. The van der Waals surface area contributed by atoms with Crippen LogP contribution in [0.3, 0.4) is 0 Å². The summed E-state index contributed by atoms with van der Waals surface area (Å²) in [6.45, 7) is 2.03. The van der Waals surface area contributed by atoms with Crippen molar-refractivity contribution in [1.29, 1.82) is 0 Å². The van der Waals surface area contributed by atoms with E-state index in [0.29, 0.717) is 12.9 Å². The molecule has 3 nitrogen and oxygen atoms in total. The van der Waals surface area contributed by atoms with Crippen molar-refractivity contribution in [3.05, 3.63) is 0 Å². The van der Waals surface area contributed by atoms with Gasteiger partial charge in [-0.05, 0) is 25.8 Å². The van der Waals surface area contributed by atoms with E-state index in [-0.39, 0.29) is 0 Å². The minimum atomic E-state index is 0.339. The van der Waals surface area contributed by atoms with Gasteiger partial charge in [0.2, 0.25) is 0 Å². The first-order chi connectivity index (χ1) is 4.93. The minimum absolute atomic E-state index is 0.339.